The van der Waals surface area contributed by atoms with E-state index >= 15 is 0 Å². The summed E-state index contributed by atoms with van der Waals surface area (Å²) in [5.74, 6) is 1.43. The van der Waals surface area contributed by atoms with Gasteiger partial charge in [-0.25, -0.2) is 0 Å². The second kappa shape index (κ2) is 6.47. The first-order valence-corrected chi connectivity index (χ1v) is 5.71. The highest BCUT2D eigenvalue weighted by Crippen LogP contribution is 2.23. The van der Waals surface area contributed by atoms with Gasteiger partial charge in [0.05, 0.1) is 12.2 Å². The van der Waals surface area contributed by atoms with Gasteiger partial charge in [0.15, 0.2) is 0 Å². The number of hydrogen-bond donors (Lipinski definition) is 2. The van der Waals surface area contributed by atoms with Crippen LogP contribution < -0.4 is 9.47 Å². The van der Waals surface area contributed by atoms with Crippen molar-refractivity contribution in [3.05, 3.63) is 23.8 Å². The number of hydrogen-bond acceptors (Lipinski definition) is 4. The molecule has 0 radical (unpaired) electrons. The van der Waals surface area contributed by atoms with E-state index in [0.717, 1.165) is 11.3 Å². The predicted octanol–water partition coefficient (Wildman–Crippen LogP) is 1.51. The molecule has 0 spiro atoms. The SMILES string of the molecule is Cc1cc(OCC(C)O)ccc1OCC(C)O. The molecular weight excluding hydrogens is 220 g/mol. The Kier molecular flexibility index (Phi) is 5.25. The van der Waals surface area contributed by atoms with Crippen molar-refractivity contribution < 1.29 is 19.7 Å². The summed E-state index contributed by atoms with van der Waals surface area (Å²) in [4.78, 5) is 0. The summed E-state index contributed by atoms with van der Waals surface area (Å²) in [6, 6.07) is 5.43. The van der Waals surface area contributed by atoms with Gasteiger partial charge in [-0.05, 0) is 44.5 Å². The lowest BCUT2D eigenvalue weighted by Crippen LogP contribution is -2.14. The van der Waals surface area contributed by atoms with Crippen molar-refractivity contribution in [2.75, 3.05) is 13.2 Å². The normalized spacial score (nSPS) is 14.2. The standard InChI is InChI=1S/C13H20O4/c1-9-6-12(16-7-10(2)14)4-5-13(9)17-8-11(3)15/h4-6,10-11,14-15H,7-8H2,1-3H3. The van der Waals surface area contributed by atoms with Gasteiger partial charge >= 0.3 is 0 Å². The molecule has 0 aliphatic carbocycles. The van der Waals surface area contributed by atoms with Gasteiger partial charge in [-0.1, -0.05) is 0 Å². The van der Waals surface area contributed by atoms with Gasteiger partial charge in [0.2, 0.25) is 0 Å². The maximum atomic E-state index is 9.13. The van der Waals surface area contributed by atoms with Gasteiger partial charge in [-0.3, -0.25) is 0 Å². The van der Waals surface area contributed by atoms with Crippen LogP contribution in [0.5, 0.6) is 11.5 Å². The van der Waals surface area contributed by atoms with Crippen LogP contribution in [0.1, 0.15) is 19.4 Å². The first-order chi connectivity index (χ1) is 7.99. The molecule has 2 N–H and O–H groups in total. The fourth-order valence-corrected chi connectivity index (χ4v) is 1.30. The molecule has 2 unspecified atom stereocenters. The highest BCUT2D eigenvalue weighted by molar-refractivity contribution is 5.39. The van der Waals surface area contributed by atoms with Crippen LogP contribution in [0.3, 0.4) is 0 Å². The van der Waals surface area contributed by atoms with Gasteiger partial charge in [-0.15, -0.1) is 0 Å². The van der Waals surface area contributed by atoms with Gasteiger partial charge < -0.3 is 19.7 Å². The second-order valence-corrected chi connectivity index (χ2v) is 4.25. The molecule has 2 atom stereocenters. The van der Waals surface area contributed by atoms with E-state index in [1.807, 2.05) is 13.0 Å². The minimum atomic E-state index is -0.486. The largest absolute Gasteiger partial charge is 0.491 e. The van der Waals surface area contributed by atoms with Gasteiger partial charge in [0.1, 0.15) is 24.7 Å². The zero-order valence-corrected chi connectivity index (χ0v) is 10.5. The van der Waals surface area contributed by atoms with Crippen molar-refractivity contribution in [3.8, 4) is 11.5 Å². The van der Waals surface area contributed by atoms with E-state index in [1.54, 1.807) is 26.0 Å². The molecule has 0 aromatic heterocycles. The fourth-order valence-electron chi connectivity index (χ4n) is 1.30. The molecule has 17 heavy (non-hydrogen) atoms. The van der Waals surface area contributed by atoms with Crippen molar-refractivity contribution in [1.29, 1.82) is 0 Å². The number of aryl methyl sites for hydroxylation is 1. The smallest absolute Gasteiger partial charge is 0.122 e. The summed E-state index contributed by atoms with van der Waals surface area (Å²) in [6.45, 7) is 5.80. The lowest BCUT2D eigenvalue weighted by Gasteiger charge is -2.13. The van der Waals surface area contributed by atoms with E-state index in [9.17, 15) is 0 Å². The Bertz CT molecular complexity index is 347. The van der Waals surface area contributed by atoms with Crippen molar-refractivity contribution in [2.24, 2.45) is 0 Å². The Hall–Kier alpha value is -1.26. The van der Waals surface area contributed by atoms with Crippen molar-refractivity contribution in [2.45, 2.75) is 33.0 Å². The Morgan fingerprint density at radius 2 is 1.65 bits per heavy atom. The van der Waals surface area contributed by atoms with Crippen LogP contribution in [0.15, 0.2) is 18.2 Å². The molecule has 0 aliphatic rings. The molecule has 0 amide bonds. The van der Waals surface area contributed by atoms with Gasteiger partial charge in [-0.2, -0.15) is 0 Å². The molecular formula is C13H20O4. The highest BCUT2D eigenvalue weighted by atomic mass is 16.5. The van der Waals surface area contributed by atoms with E-state index in [-0.39, 0.29) is 13.2 Å². The van der Waals surface area contributed by atoms with E-state index in [1.165, 1.54) is 0 Å². The van der Waals surface area contributed by atoms with E-state index < -0.39 is 12.2 Å². The predicted molar refractivity (Wildman–Crippen MR) is 65.5 cm³/mol. The molecule has 0 heterocycles. The number of ether oxygens (including phenoxy) is 2. The number of aliphatic hydroxyl groups excluding tert-OH is 2. The van der Waals surface area contributed by atoms with Crippen LogP contribution in [-0.4, -0.2) is 35.6 Å². The van der Waals surface area contributed by atoms with E-state index in [0.29, 0.717) is 5.75 Å². The van der Waals surface area contributed by atoms with E-state index in [2.05, 4.69) is 0 Å². The molecule has 0 fully saturated rings. The molecule has 0 saturated heterocycles. The van der Waals surface area contributed by atoms with Crippen LogP contribution in [0, 0.1) is 6.92 Å². The lowest BCUT2D eigenvalue weighted by atomic mass is 10.2. The third kappa shape index (κ3) is 5.06. The van der Waals surface area contributed by atoms with Crippen molar-refractivity contribution in [1.82, 2.24) is 0 Å². The topological polar surface area (TPSA) is 58.9 Å². The lowest BCUT2D eigenvalue weighted by molar-refractivity contribution is 0.120. The van der Waals surface area contributed by atoms with Crippen LogP contribution in [0.25, 0.3) is 0 Å². The average Bonchev–Trinajstić information content (AvgIpc) is 2.24. The minimum absolute atomic E-state index is 0.271. The molecule has 0 bridgehead atoms. The number of aliphatic hydroxyl groups is 2. The summed E-state index contributed by atoms with van der Waals surface area (Å²) >= 11 is 0. The maximum absolute atomic E-state index is 9.13. The zero-order valence-electron chi connectivity index (χ0n) is 10.5. The van der Waals surface area contributed by atoms with Crippen LogP contribution in [0.2, 0.25) is 0 Å². The Morgan fingerprint density at radius 3 is 2.18 bits per heavy atom. The summed E-state index contributed by atoms with van der Waals surface area (Å²) in [6.07, 6.45) is -0.970. The number of benzene rings is 1. The summed E-state index contributed by atoms with van der Waals surface area (Å²) < 4.78 is 10.8. The molecule has 4 nitrogen and oxygen atoms in total. The van der Waals surface area contributed by atoms with Crippen LogP contribution in [-0.2, 0) is 0 Å². The number of rotatable bonds is 6. The van der Waals surface area contributed by atoms with Crippen molar-refractivity contribution in [3.63, 3.8) is 0 Å². The molecule has 1 aromatic rings. The summed E-state index contributed by atoms with van der Waals surface area (Å²) in [5.41, 5.74) is 0.939. The second-order valence-electron chi connectivity index (χ2n) is 4.25. The molecule has 4 heteroatoms. The quantitative estimate of drug-likeness (QED) is 0.791. The first kappa shape index (κ1) is 13.8. The van der Waals surface area contributed by atoms with Crippen LogP contribution in [0.4, 0.5) is 0 Å². The zero-order chi connectivity index (χ0) is 12.8. The summed E-state index contributed by atoms with van der Waals surface area (Å²) in [5, 5.41) is 18.2. The Morgan fingerprint density at radius 1 is 1.06 bits per heavy atom. The fraction of sp³-hybridized carbons (Fsp3) is 0.538. The Labute approximate surface area is 102 Å². The van der Waals surface area contributed by atoms with Gasteiger partial charge in [0.25, 0.3) is 0 Å². The molecule has 0 aliphatic heterocycles. The molecule has 0 saturated carbocycles. The highest BCUT2D eigenvalue weighted by Gasteiger charge is 2.04. The average molecular weight is 240 g/mol. The first-order valence-electron chi connectivity index (χ1n) is 5.71. The maximum Gasteiger partial charge on any atom is 0.122 e. The van der Waals surface area contributed by atoms with Crippen molar-refractivity contribution >= 4 is 0 Å². The monoisotopic (exact) mass is 240 g/mol. The van der Waals surface area contributed by atoms with E-state index in [4.69, 9.17) is 19.7 Å². The summed E-state index contributed by atoms with van der Waals surface area (Å²) in [7, 11) is 0. The Balaban J connectivity index is 2.59. The molecule has 96 valence electrons. The molecule has 1 rings (SSSR count). The minimum Gasteiger partial charge on any atom is -0.491 e. The third-order valence-electron chi connectivity index (χ3n) is 2.12. The van der Waals surface area contributed by atoms with Crippen LogP contribution >= 0.6 is 0 Å². The molecule has 1 aromatic carbocycles. The third-order valence-corrected chi connectivity index (χ3v) is 2.12. The van der Waals surface area contributed by atoms with Gasteiger partial charge in [0, 0.05) is 0 Å².